The Labute approximate surface area is 179 Å². The molecule has 2 aromatic carbocycles. The van der Waals surface area contributed by atoms with Gasteiger partial charge in [-0.25, -0.2) is 9.18 Å². The third kappa shape index (κ3) is 4.72. The van der Waals surface area contributed by atoms with E-state index in [1.165, 1.54) is 30.3 Å². The van der Waals surface area contributed by atoms with E-state index < -0.39 is 22.6 Å². The number of rotatable bonds is 5. The van der Waals surface area contributed by atoms with Crippen LogP contribution in [-0.4, -0.2) is 28.5 Å². The fourth-order valence-corrected chi connectivity index (χ4v) is 3.89. The minimum atomic E-state index is -0.521. The van der Waals surface area contributed by atoms with Gasteiger partial charge in [-0.2, -0.15) is 0 Å². The van der Waals surface area contributed by atoms with Crippen LogP contribution >= 0.6 is 11.8 Å². The van der Waals surface area contributed by atoms with Crippen molar-refractivity contribution in [1.29, 1.82) is 0 Å². The van der Waals surface area contributed by atoms with Crippen molar-refractivity contribution >= 4 is 51.5 Å². The van der Waals surface area contributed by atoms with Crippen LogP contribution in [0.4, 0.5) is 14.9 Å². The summed E-state index contributed by atoms with van der Waals surface area (Å²) in [7, 11) is 0. The number of thioether (sulfide) groups is 1. The lowest BCUT2D eigenvalue weighted by Crippen LogP contribution is -2.31. The first-order valence-corrected chi connectivity index (χ1v) is 10.1. The van der Waals surface area contributed by atoms with Gasteiger partial charge in [-0.05, 0) is 59.8 Å². The molecule has 3 amide bonds. The van der Waals surface area contributed by atoms with Gasteiger partial charge in [0, 0.05) is 30.1 Å². The molecule has 0 spiro atoms. The number of amides is 3. The average molecular weight is 438 g/mol. The molecule has 1 aliphatic rings. The van der Waals surface area contributed by atoms with Crippen molar-refractivity contribution in [2.24, 2.45) is 0 Å². The fraction of sp³-hybridized carbons (Fsp3) is 0.0909. The Morgan fingerprint density at radius 1 is 1.10 bits per heavy atom. The number of carbonyl (C=O) groups excluding carboxylic acids is 3. The number of fused-ring (bicyclic) bond motifs is 1. The maximum absolute atomic E-state index is 13.3. The Morgan fingerprint density at radius 2 is 1.94 bits per heavy atom. The highest BCUT2D eigenvalue weighted by molar-refractivity contribution is 8.18. The molecule has 1 N–H and O–H groups in total. The van der Waals surface area contributed by atoms with Gasteiger partial charge in [0.1, 0.15) is 11.4 Å². The number of nitrogens with one attached hydrogen (secondary N) is 1. The van der Waals surface area contributed by atoms with E-state index in [9.17, 15) is 23.6 Å². The quantitative estimate of drug-likeness (QED) is 0.478. The van der Waals surface area contributed by atoms with E-state index >= 15 is 0 Å². The standard InChI is InChI=1S/C22H15FN2O5S/c23-15-3-1-2-13(10-15)11-18-21(28)25(22(29)31-18)9-8-19(26)24-16-5-6-17-14(12-16)4-7-20(27)30-17/h1-7,10-12H,8-9H2,(H,24,26). The second-order valence-corrected chi connectivity index (χ2v) is 7.69. The van der Waals surface area contributed by atoms with Crippen LogP contribution in [0.1, 0.15) is 12.0 Å². The molecule has 4 rings (SSSR count). The summed E-state index contributed by atoms with van der Waals surface area (Å²) in [5, 5.41) is 2.85. The molecule has 7 nitrogen and oxygen atoms in total. The van der Waals surface area contributed by atoms with E-state index in [1.807, 2.05) is 0 Å². The number of halogens is 1. The van der Waals surface area contributed by atoms with Crippen LogP contribution < -0.4 is 10.9 Å². The third-order valence-corrected chi connectivity index (χ3v) is 5.39. The Kier molecular flexibility index (Phi) is 5.68. The zero-order valence-corrected chi connectivity index (χ0v) is 16.8. The van der Waals surface area contributed by atoms with E-state index in [0.29, 0.717) is 22.2 Å². The van der Waals surface area contributed by atoms with Crippen LogP contribution in [0.5, 0.6) is 0 Å². The molecule has 1 aromatic heterocycles. The van der Waals surface area contributed by atoms with Gasteiger partial charge < -0.3 is 9.73 Å². The predicted molar refractivity (Wildman–Crippen MR) is 115 cm³/mol. The van der Waals surface area contributed by atoms with Crippen molar-refractivity contribution < 1.29 is 23.2 Å². The van der Waals surface area contributed by atoms with Crippen molar-refractivity contribution in [3.63, 3.8) is 0 Å². The van der Waals surface area contributed by atoms with Crippen LogP contribution in [0.2, 0.25) is 0 Å². The number of hydrogen-bond donors (Lipinski definition) is 1. The first-order chi connectivity index (χ1) is 14.9. The van der Waals surface area contributed by atoms with Crippen molar-refractivity contribution in [3.05, 3.63) is 81.3 Å². The zero-order valence-electron chi connectivity index (χ0n) is 16.0. The number of hydrogen-bond acceptors (Lipinski definition) is 6. The summed E-state index contributed by atoms with van der Waals surface area (Å²) >= 11 is 0.749. The molecule has 9 heteroatoms. The van der Waals surface area contributed by atoms with E-state index in [1.54, 1.807) is 30.3 Å². The number of carbonyl (C=O) groups is 3. The van der Waals surface area contributed by atoms with E-state index in [0.717, 1.165) is 16.7 Å². The highest BCUT2D eigenvalue weighted by atomic mass is 32.2. The second-order valence-electron chi connectivity index (χ2n) is 6.69. The van der Waals surface area contributed by atoms with Gasteiger partial charge in [-0.15, -0.1) is 0 Å². The minimum absolute atomic E-state index is 0.0839. The summed E-state index contributed by atoms with van der Waals surface area (Å²) in [4.78, 5) is 49.4. The van der Waals surface area contributed by atoms with Crippen molar-refractivity contribution in [2.45, 2.75) is 6.42 Å². The number of anilines is 1. The van der Waals surface area contributed by atoms with Crippen LogP contribution in [-0.2, 0) is 9.59 Å². The van der Waals surface area contributed by atoms with Gasteiger partial charge in [0.25, 0.3) is 11.1 Å². The van der Waals surface area contributed by atoms with Gasteiger partial charge in [-0.3, -0.25) is 19.3 Å². The molecule has 1 fully saturated rings. The average Bonchev–Trinajstić information content (AvgIpc) is 2.99. The van der Waals surface area contributed by atoms with Gasteiger partial charge in [0.05, 0.1) is 4.91 Å². The molecule has 31 heavy (non-hydrogen) atoms. The van der Waals surface area contributed by atoms with Gasteiger partial charge in [0.2, 0.25) is 5.91 Å². The first kappa shape index (κ1) is 20.5. The van der Waals surface area contributed by atoms with E-state index in [-0.39, 0.29) is 23.8 Å². The van der Waals surface area contributed by atoms with Crippen LogP contribution in [0.15, 0.2) is 68.7 Å². The maximum atomic E-state index is 13.3. The second kappa shape index (κ2) is 8.57. The molecule has 2 heterocycles. The zero-order chi connectivity index (χ0) is 22.0. The molecule has 0 radical (unpaired) electrons. The van der Waals surface area contributed by atoms with Crippen LogP contribution in [0.3, 0.4) is 0 Å². The minimum Gasteiger partial charge on any atom is -0.423 e. The lowest BCUT2D eigenvalue weighted by Gasteiger charge is -2.12. The van der Waals surface area contributed by atoms with Gasteiger partial charge in [0.15, 0.2) is 0 Å². The summed E-state index contributed by atoms with van der Waals surface area (Å²) in [5.41, 5.74) is 0.892. The Balaban J connectivity index is 1.39. The monoisotopic (exact) mass is 438 g/mol. The summed E-state index contributed by atoms with van der Waals surface area (Å²) in [6, 6.07) is 13.4. The van der Waals surface area contributed by atoms with Crippen molar-refractivity contribution in [1.82, 2.24) is 4.90 Å². The van der Waals surface area contributed by atoms with E-state index in [2.05, 4.69) is 5.32 Å². The Hall–Kier alpha value is -3.72. The first-order valence-electron chi connectivity index (χ1n) is 9.24. The molecule has 0 unspecified atom stereocenters. The number of imide groups is 1. The number of benzene rings is 2. The molecule has 0 bridgehead atoms. The molecule has 1 aliphatic heterocycles. The Bertz CT molecular complexity index is 1300. The number of nitrogens with zero attached hydrogens (tertiary/aromatic N) is 1. The summed E-state index contributed by atoms with van der Waals surface area (Å²) in [5.74, 6) is -1.35. The lowest BCUT2D eigenvalue weighted by molar-refractivity contribution is -0.123. The molecule has 0 atom stereocenters. The van der Waals surface area contributed by atoms with Crippen molar-refractivity contribution in [2.75, 3.05) is 11.9 Å². The topological polar surface area (TPSA) is 96.7 Å². The Morgan fingerprint density at radius 3 is 2.74 bits per heavy atom. The highest BCUT2D eigenvalue weighted by Crippen LogP contribution is 2.32. The molecule has 1 saturated heterocycles. The lowest BCUT2D eigenvalue weighted by atomic mass is 10.2. The molecular weight excluding hydrogens is 423 g/mol. The highest BCUT2D eigenvalue weighted by Gasteiger charge is 2.35. The normalized spacial score (nSPS) is 15.1. The predicted octanol–water partition coefficient (Wildman–Crippen LogP) is 4.00. The van der Waals surface area contributed by atoms with Crippen LogP contribution in [0, 0.1) is 5.82 Å². The summed E-state index contributed by atoms with van der Waals surface area (Å²) in [6.07, 6.45) is 1.36. The van der Waals surface area contributed by atoms with E-state index in [4.69, 9.17) is 4.42 Å². The molecule has 0 aliphatic carbocycles. The third-order valence-electron chi connectivity index (χ3n) is 4.49. The molecular formula is C22H15FN2O5S. The van der Waals surface area contributed by atoms with Gasteiger partial charge >= 0.3 is 5.63 Å². The molecule has 0 saturated carbocycles. The maximum Gasteiger partial charge on any atom is 0.336 e. The largest absolute Gasteiger partial charge is 0.423 e. The van der Waals surface area contributed by atoms with Gasteiger partial charge in [-0.1, -0.05) is 12.1 Å². The SMILES string of the molecule is O=C(CCN1C(=O)SC(=Cc2cccc(F)c2)C1=O)Nc1ccc2oc(=O)ccc2c1. The van der Waals surface area contributed by atoms with Crippen LogP contribution in [0.25, 0.3) is 17.0 Å². The summed E-state index contributed by atoms with van der Waals surface area (Å²) in [6.45, 7) is -0.0839. The molecule has 156 valence electrons. The summed E-state index contributed by atoms with van der Waals surface area (Å²) < 4.78 is 18.4. The fourth-order valence-electron chi connectivity index (χ4n) is 3.03. The molecule has 3 aromatic rings. The van der Waals surface area contributed by atoms with Crippen molar-refractivity contribution in [3.8, 4) is 0 Å². The smallest absolute Gasteiger partial charge is 0.336 e.